The third kappa shape index (κ3) is 5.17. The van der Waals surface area contributed by atoms with Crippen molar-refractivity contribution in [3.05, 3.63) is 35.9 Å². The molecule has 0 radical (unpaired) electrons. The molecule has 0 aromatic heterocycles. The van der Waals surface area contributed by atoms with Gasteiger partial charge in [0.15, 0.2) is 0 Å². The molecular weight excluding hydrogens is 425 g/mol. The summed E-state index contributed by atoms with van der Waals surface area (Å²) in [6.45, 7) is 5.20. The van der Waals surface area contributed by atoms with Gasteiger partial charge in [-0.05, 0) is 63.9 Å². The van der Waals surface area contributed by atoms with Crippen molar-refractivity contribution in [2.24, 2.45) is 0 Å². The number of carbonyl (C=O) groups is 2. The van der Waals surface area contributed by atoms with Crippen molar-refractivity contribution in [1.82, 2.24) is 15.1 Å². The summed E-state index contributed by atoms with van der Waals surface area (Å²) in [5.74, 6) is -0.179. The van der Waals surface area contributed by atoms with Gasteiger partial charge in [0.1, 0.15) is 6.23 Å². The van der Waals surface area contributed by atoms with E-state index in [0.717, 1.165) is 32.1 Å². The fraction of sp³-hybridized carbons (Fsp3) is 0.680. The molecule has 33 heavy (non-hydrogen) atoms. The Kier molecular flexibility index (Phi) is 7.54. The molecule has 8 heteroatoms. The van der Waals surface area contributed by atoms with Crippen LogP contribution in [0, 0.1) is 0 Å². The van der Waals surface area contributed by atoms with Crippen LogP contribution < -0.4 is 5.32 Å². The van der Waals surface area contributed by atoms with Crippen LogP contribution in [0.25, 0.3) is 0 Å². The molecule has 1 spiro atoms. The second-order valence-corrected chi connectivity index (χ2v) is 9.54. The maximum absolute atomic E-state index is 14.4. The monoisotopic (exact) mass is 461 g/mol. The van der Waals surface area contributed by atoms with Gasteiger partial charge < -0.3 is 24.6 Å². The Balaban J connectivity index is 1.43. The van der Waals surface area contributed by atoms with Crippen molar-refractivity contribution in [3.63, 3.8) is 0 Å². The molecule has 1 N–H and O–H groups in total. The number of amides is 3. The first-order valence-corrected chi connectivity index (χ1v) is 12.3. The van der Waals surface area contributed by atoms with Crippen molar-refractivity contribution in [3.8, 4) is 0 Å². The van der Waals surface area contributed by atoms with Crippen LogP contribution in [0.15, 0.2) is 30.3 Å². The van der Waals surface area contributed by atoms with Crippen LogP contribution in [0.5, 0.6) is 0 Å². The van der Waals surface area contributed by atoms with E-state index in [1.807, 2.05) is 19.9 Å². The lowest BCUT2D eigenvalue weighted by Crippen LogP contribution is -2.71. The molecule has 7 nitrogen and oxygen atoms in total. The molecule has 2 unspecified atom stereocenters. The standard InChI is InChI=1S/C25H36FN3O4/c1-3-27-24(31)28-15-7-14-25(16-28)17-32-22(26)23(30)29(25)18(2)33-21-12-10-20(11-13-21)19-8-5-4-6-9-19/h4-6,8-9,18,20-22H,3,7,10-17H2,1-2H3,(H,27,31)/t18?,20?,21?,22?,25-/m1/s1. The summed E-state index contributed by atoms with van der Waals surface area (Å²) in [7, 11) is 0. The topological polar surface area (TPSA) is 71.1 Å². The lowest BCUT2D eigenvalue weighted by molar-refractivity contribution is -0.226. The van der Waals surface area contributed by atoms with Gasteiger partial charge in [-0.2, -0.15) is 0 Å². The minimum Gasteiger partial charge on any atom is -0.355 e. The first-order chi connectivity index (χ1) is 15.9. The van der Waals surface area contributed by atoms with Gasteiger partial charge in [0, 0.05) is 19.6 Å². The van der Waals surface area contributed by atoms with E-state index < -0.39 is 24.0 Å². The zero-order chi connectivity index (χ0) is 23.4. The quantitative estimate of drug-likeness (QED) is 0.724. The largest absolute Gasteiger partial charge is 0.355 e. The molecule has 1 aromatic rings. The molecule has 3 fully saturated rings. The molecule has 2 aliphatic heterocycles. The Bertz CT molecular complexity index is 817. The van der Waals surface area contributed by atoms with E-state index in [2.05, 4.69) is 29.6 Å². The summed E-state index contributed by atoms with van der Waals surface area (Å²) >= 11 is 0. The van der Waals surface area contributed by atoms with E-state index in [1.54, 1.807) is 4.90 Å². The highest BCUT2D eigenvalue weighted by molar-refractivity contribution is 5.81. The molecule has 3 atom stereocenters. The van der Waals surface area contributed by atoms with Gasteiger partial charge in [0.2, 0.25) is 0 Å². The van der Waals surface area contributed by atoms with Crippen molar-refractivity contribution in [1.29, 1.82) is 0 Å². The third-order valence-electron chi connectivity index (χ3n) is 7.31. The summed E-state index contributed by atoms with van der Waals surface area (Å²) in [5, 5.41) is 2.82. The van der Waals surface area contributed by atoms with Crippen LogP contribution in [0.2, 0.25) is 0 Å². The van der Waals surface area contributed by atoms with Gasteiger partial charge in [0.05, 0.1) is 18.2 Å². The fourth-order valence-corrected chi connectivity index (χ4v) is 5.74. The predicted molar refractivity (Wildman–Crippen MR) is 122 cm³/mol. The molecule has 0 bridgehead atoms. The highest BCUT2D eigenvalue weighted by Gasteiger charge is 2.52. The zero-order valence-electron chi connectivity index (χ0n) is 19.7. The minimum absolute atomic E-state index is 0.0220. The molecule has 1 saturated carbocycles. The normalized spacial score (nSPS) is 31.5. The third-order valence-corrected chi connectivity index (χ3v) is 7.31. The highest BCUT2D eigenvalue weighted by atomic mass is 19.1. The average molecular weight is 462 g/mol. The first-order valence-electron chi connectivity index (χ1n) is 12.3. The van der Waals surface area contributed by atoms with E-state index in [9.17, 15) is 14.0 Å². The number of likely N-dealkylation sites (tertiary alicyclic amines) is 1. The number of ether oxygens (including phenoxy) is 2. The Morgan fingerprint density at radius 2 is 2.00 bits per heavy atom. The highest BCUT2D eigenvalue weighted by Crippen LogP contribution is 2.38. The van der Waals surface area contributed by atoms with Crippen molar-refractivity contribution >= 4 is 11.9 Å². The number of nitrogens with zero attached hydrogens (tertiary/aromatic N) is 2. The van der Waals surface area contributed by atoms with Gasteiger partial charge in [-0.1, -0.05) is 30.3 Å². The van der Waals surface area contributed by atoms with Crippen LogP contribution in [0.3, 0.4) is 0 Å². The fourth-order valence-electron chi connectivity index (χ4n) is 5.74. The number of halogens is 1. The van der Waals surface area contributed by atoms with E-state index >= 15 is 0 Å². The summed E-state index contributed by atoms with van der Waals surface area (Å²) in [5.41, 5.74) is 0.586. The van der Waals surface area contributed by atoms with E-state index in [1.165, 1.54) is 10.5 Å². The minimum atomic E-state index is -1.99. The number of alkyl halides is 1. The molecule has 2 heterocycles. The first kappa shape index (κ1) is 24.0. The molecule has 182 valence electrons. The van der Waals surface area contributed by atoms with Gasteiger partial charge in [0.25, 0.3) is 12.3 Å². The van der Waals surface area contributed by atoms with Crippen molar-refractivity contribution < 1.29 is 23.5 Å². The number of nitrogens with one attached hydrogen (secondary N) is 1. The summed E-state index contributed by atoms with van der Waals surface area (Å²) in [6, 6.07) is 10.4. The lowest BCUT2D eigenvalue weighted by Gasteiger charge is -2.54. The second kappa shape index (κ2) is 10.4. The number of piperidine rings is 1. The van der Waals surface area contributed by atoms with Gasteiger partial charge >= 0.3 is 6.03 Å². The Morgan fingerprint density at radius 1 is 1.27 bits per heavy atom. The lowest BCUT2D eigenvalue weighted by atomic mass is 9.82. The summed E-state index contributed by atoms with van der Waals surface area (Å²) < 4.78 is 26.0. The van der Waals surface area contributed by atoms with E-state index in [0.29, 0.717) is 32.0 Å². The Labute approximate surface area is 195 Å². The molecule has 1 aromatic carbocycles. The molecule has 2 saturated heterocycles. The number of hydrogen-bond acceptors (Lipinski definition) is 4. The Morgan fingerprint density at radius 3 is 2.70 bits per heavy atom. The maximum atomic E-state index is 14.4. The number of carbonyl (C=O) groups excluding carboxylic acids is 2. The second-order valence-electron chi connectivity index (χ2n) is 9.54. The number of urea groups is 1. The Hall–Kier alpha value is -2.19. The maximum Gasteiger partial charge on any atom is 0.317 e. The predicted octanol–water partition coefficient (Wildman–Crippen LogP) is 3.79. The number of benzene rings is 1. The van der Waals surface area contributed by atoms with E-state index in [-0.39, 0.29) is 18.7 Å². The SMILES string of the molecule is CCNC(=O)N1CCC[C@]2(COC(F)C(=O)N2C(C)OC2CCC(c3ccccc3)CC2)C1. The zero-order valence-corrected chi connectivity index (χ0v) is 19.7. The summed E-state index contributed by atoms with van der Waals surface area (Å²) in [6.07, 6.45) is 2.67. The van der Waals surface area contributed by atoms with Crippen molar-refractivity contribution in [2.75, 3.05) is 26.2 Å². The van der Waals surface area contributed by atoms with Crippen LogP contribution in [0.1, 0.15) is 63.9 Å². The molecule has 3 aliphatic rings. The smallest absolute Gasteiger partial charge is 0.317 e. The number of morpholine rings is 1. The molecule has 4 rings (SSSR count). The average Bonchev–Trinajstić information content (AvgIpc) is 2.83. The summed E-state index contributed by atoms with van der Waals surface area (Å²) in [4.78, 5) is 28.7. The van der Waals surface area contributed by atoms with Crippen molar-refractivity contribution in [2.45, 2.75) is 82.5 Å². The molecule has 1 aliphatic carbocycles. The molecule has 3 amide bonds. The number of rotatable bonds is 5. The van der Waals surface area contributed by atoms with Gasteiger partial charge in [-0.3, -0.25) is 4.79 Å². The van der Waals surface area contributed by atoms with Crippen LogP contribution in [-0.4, -0.2) is 72.2 Å². The van der Waals surface area contributed by atoms with Crippen LogP contribution in [-0.2, 0) is 14.3 Å². The van der Waals surface area contributed by atoms with Crippen LogP contribution >= 0.6 is 0 Å². The molecular formula is C25H36FN3O4. The van der Waals surface area contributed by atoms with Crippen LogP contribution in [0.4, 0.5) is 9.18 Å². The van der Waals surface area contributed by atoms with E-state index in [4.69, 9.17) is 9.47 Å². The van der Waals surface area contributed by atoms with Gasteiger partial charge in [-0.25, -0.2) is 9.18 Å². The number of hydrogen-bond donors (Lipinski definition) is 1. The van der Waals surface area contributed by atoms with Gasteiger partial charge in [-0.15, -0.1) is 0 Å².